The molecule has 0 atom stereocenters. The Labute approximate surface area is 105 Å². The van der Waals surface area contributed by atoms with Crippen molar-refractivity contribution in [3.8, 4) is 0 Å². The van der Waals surface area contributed by atoms with Crippen LogP contribution in [0.3, 0.4) is 0 Å². The number of rotatable bonds is 0. The summed E-state index contributed by atoms with van der Waals surface area (Å²) in [6.07, 6.45) is 0. The van der Waals surface area contributed by atoms with Gasteiger partial charge in [-0.3, -0.25) is 9.11 Å². The third-order valence-electron chi connectivity index (χ3n) is 0. The molecule has 0 bridgehead atoms. The van der Waals surface area contributed by atoms with Gasteiger partial charge in [0, 0.05) is 39.0 Å². The third kappa shape index (κ3) is 2570. The van der Waals surface area contributed by atoms with Crippen molar-refractivity contribution in [2.75, 3.05) is 0 Å². The monoisotopic (exact) mass is 352 g/mol. The summed E-state index contributed by atoms with van der Waals surface area (Å²) in [5.74, 6) is 0. The largest absolute Gasteiger partial charge is 0.412 e. The first-order chi connectivity index (χ1) is 2.00. The summed E-state index contributed by atoms with van der Waals surface area (Å²) in [5.41, 5.74) is 0. The van der Waals surface area contributed by atoms with E-state index in [1.165, 1.54) is 0 Å². The molecule has 0 aromatic rings. The molecule has 0 aliphatic heterocycles. The Morgan fingerprint density at radius 3 is 0.571 bits per heavy atom. The van der Waals surface area contributed by atoms with Crippen molar-refractivity contribution in [2.24, 2.45) is 0 Å². The van der Waals surface area contributed by atoms with E-state index in [2.05, 4.69) is 0 Å². The molecule has 0 unspecified atom stereocenters. The van der Waals surface area contributed by atoms with Crippen molar-refractivity contribution in [3.63, 3.8) is 0 Å². The second-order valence-electron chi connectivity index (χ2n) is 0.448. The van der Waals surface area contributed by atoms with Crippen LogP contribution in [0.5, 0.6) is 0 Å². The molecule has 0 amide bonds. The number of hydrogen-bond donors (Lipinski definition) is 2. The van der Waals surface area contributed by atoms with Gasteiger partial charge in [-0.2, -0.15) is 8.42 Å². The van der Waals surface area contributed by atoms with Crippen LogP contribution < -0.4 is 0 Å². The van der Waals surface area contributed by atoms with E-state index in [1.807, 2.05) is 0 Å². The molecule has 0 aliphatic rings. The summed E-state index contributed by atoms with van der Waals surface area (Å²) in [7, 11) is -4.67. The van der Waals surface area contributed by atoms with Gasteiger partial charge in [0.15, 0.2) is 0 Å². The predicted molar refractivity (Wildman–Crippen MR) is 39.5 cm³/mol. The Morgan fingerprint density at radius 1 is 0.571 bits per heavy atom. The van der Waals surface area contributed by atoms with E-state index in [-0.39, 0.29) is 77.3 Å². The predicted octanol–water partition coefficient (Wildman–Crippen LogP) is -6.43. The standard InChI is InChI=1S/H2O4S.7H2O.2Zn/c1-5(2,3)4;;;;;;;;;/h(H2,1,2,3,4);7*1H2;;. The van der Waals surface area contributed by atoms with Crippen molar-refractivity contribution in [3.05, 3.63) is 0 Å². The van der Waals surface area contributed by atoms with Gasteiger partial charge in [-0.05, 0) is 0 Å². The fourth-order valence-corrected chi connectivity index (χ4v) is 0. The fraction of sp³-hybridized carbons (Fsp3) is 0. The smallest absolute Gasteiger partial charge is 0.394 e. The molecule has 0 radical (unpaired) electrons. The maximum Gasteiger partial charge on any atom is 0.394 e. The summed E-state index contributed by atoms with van der Waals surface area (Å²) in [6.45, 7) is 0. The van der Waals surface area contributed by atoms with Crippen molar-refractivity contribution in [1.82, 2.24) is 0 Å². The van der Waals surface area contributed by atoms with Crippen LogP contribution in [0.2, 0.25) is 0 Å². The van der Waals surface area contributed by atoms with Crippen LogP contribution in [0.15, 0.2) is 0 Å². The van der Waals surface area contributed by atoms with Crippen LogP contribution >= 0.6 is 0 Å². The first kappa shape index (κ1) is 121. The zero-order chi connectivity index (χ0) is 4.50. The summed E-state index contributed by atoms with van der Waals surface area (Å²) in [4.78, 5) is 0. The molecule has 16 N–H and O–H groups in total. The molecule has 14 heavy (non-hydrogen) atoms. The first-order valence-corrected chi connectivity index (χ1v) is 2.10. The molecule has 0 aromatic heterocycles. The zero-order valence-corrected chi connectivity index (χ0v) is 13.8. The molecule has 0 saturated heterocycles. The van der Waals surface area contributed by atoms with E-state index in [0.29, 0.717) is 0 Å². The Hall–Kier alpha value is 0.837. The summed E-state index contributed by atoms with van der Waals surface area (Å²) in [5, 5.41) is 0. The van der Waals surface area contributed by atoms with Gasteiger partial charge in [-0.1, -0.05) is 0 Å². The fourth-order valence-electron chi connectivity index (χ4n) is 0. The van der Waals surface area contributed by atoms with Crippen molar-refractivity contribution in [1.29, 1.82) is 0 Å². The molecular formula is H16O11SZn2. The van der Waals surface area contributed by atoms with Crippen LogP contribution in [0.25, 0.3) is 0 Å². The van der Waals surface area contributed by atoms with E-state index in [9.17, 15) is 0 Å². The van der Waals surface area contributed by atoms with E-state index >= 15 is 0 Å². The average Bonchev–Trinajstić information content (AvgIpc) is 0.722. The summed E-state index contributed by atoms with van der Waals surface area (Å²) in [6, 6.07) is 0. The van der Waals surface area contributed by atoms with Crippen LogP contribution in [0, 0.1) is 0 Å². The van der Waals surface area contributed by atoms with Gasteiger partial charge >= 0.3 is 10.4 Å². The normalized spacial score (nSPS) is 4.14. The molecule has 0 rings (SSSR count). The van der Waals surface area contributed by atoms with Crippen LogP contribution in [-0.4, -0.2) is 55.9 Å². The third-order valence-corrected chi connectivity index (χ3v) is 0. The number of hydrogen-bond acceptors (Lipinski definition) is 2. The van der Waals surface area contributed by atoms with Gasteiger partial charge in [0.1, 0.15) is 0 Å². The van der Waals surface area contributed by atoms with Gasteiger partial charge in [-0.25, -0.2) is 0 Å². The second kappa shape index (κ2) is 48.8. The van der Waals surface area contributed by atoms with Gasteiger partial charge < -0.3 is 38.3 Å². The van der Waals surface area contributed by atoms with Crippen LogP contribution in [0.1, 0.15) is 0 Å². The summed E-state index contributed by atoms with van der Waals surface area (Å²) >= 11 is 0. The van der Waals surface area contributed by atoms with Crippen molar-refractivity contribution >= 4 is 10.4 Å². The SMILES string of the molecule is O.O.O.O.O.O.O.O=S(=O)(O)O.[Zn].[Zn]. The Kier molecular flexibility index (Phi) is 423. The molecule has 11 nitrogen and oxygen atoms in total. The van der Waals surface area contributed by atoms with E-state index in [4.69, 9.17) is 17.5 Å². The Bertz CT molecular complexity index is 96.5. The van der Waals surface area contributed by atoms with Gasteiger partial charge in [-0.15, -0.1) is 0 Å². The minimum Gasteiger partial charge on any atom is -0.412 e. The average molecular weight is 355 g/mol. The molecule has 92 valence electrons. The molecule has 0 aliphatic carbocycles. The van der Waals surface area contributed by atoms with Crippen molar-refractivity contribution < 1.29 is 94.8 Å². The maximum absolute atomic E-state index is 8.74. The van der Waals surface area contributed by atoms with E-state index in [1.54, 1.807) is 0 Å². The van der Waals surface area contributed by atoms with Gasteiger partial charge in [0.05, 0.1) is 0 Å². The van der Waals surface area contributed by atoms with Crippen LogP contribution in [0.4, 0.5) is 0 Å². The first-order valence-electron chi connectivity index (χ1n) is 0.698. The molecule has 0 spiro atoms. The van der Waals surface area contributed by atoms with E-state index in [0.717, 1.165) is 0 Å². The van der Waals surface area contributed by atoms with Gasteiger partial charge in [0.2, 0.25) is 0 Å². The summed E-state index contributed by atoms with van der Waals surface area (Å²) < 4.78 is 31.6. The molecular weight excluding hydrogens is 339 g/mol. The molecule has 0 fully saturated rings. The Balaban J connectivity index is -0.00000000222. The Morgan fingerprint density at radius 2 is 0.571 bits per heavy atom. The molecule has 14 heteroatoms. The zero-order valence-electron chi connectivity index (χ0n) is 7.03. The quantitative estimate of drug-likeness (QED) is 0.316. The van der Waals surface area contributed by atoms with Crippen LogP contribution in [-0.2, 0) is 49.4 Å². The van der Waals surface area contributed by atoms with Crippen molar-refractivity contribution in [2.45, 2.75) is 0 Å². The topological polar surface area (TPSA) is 295 Å². The van der Waals surface area contributed by atoms with E-state index < -0.39 is 10.4 Å². The maximum atomic E-state index is 8.74. The molecule has 0 saturated carbocycles. The second-order valence-corrected chi connectivity index (χ2v) is 1.34. The minimum atomic E-state index is -4.67. The minimum absolute atomic E-state index is 0. The molecule has 0 aromatic carbocycles. The molecule has 0 heterocycles. The van der Waals surface area contributed by atoms with Gasteiger partial charge in [0.25, 0.3) is 0 Å².